The number of nitrogen functional groups attached to an aromatic ring is 1. The topological polar surface area (TPSA) is 65.5 Å². The maximum Gasteiger partial charge on any atom is 0.141 e. The average molecular weight is 455 g/mol. The van der Waals surface area contributed by atoms with Crippen molar-refractivity contribution in [1.29, 1.82) is 0 Å². The van der Waals surface area contributed by atoms with Crippen LogP contribution in [0.25, 0.3) is 11.0 Å². The van der Waals surface area contributed by atoms with Crippen molar-refractivity contribution in [2.45, 2.75) is 50.7 Å². The molecule has 1 aromatic heterocycles. The van der Waals surface area contributed by atoms with E-state index in [1.165, 1.54) is 0 Å². The lowest BCUT2D eigenvalue weighted by Gasteiger charge is -2.27. The van der Waals surface area contributed by atoms with Crippen molar-refractivity contribution < 1.29 is 9.47 Å². The smallest absolute Gasteiger partial charge is 0.141 e. The van der Waals surface area contributed by atoms with E-state index in [1.807, 2.05) is 12.1 Å². The van der Waals surface area contributed by atoms with Crippen LogP contribution in [0.4, 0.5) is 11.4 Å². The predicted molar refractivity (Wildman–Crippen MR) is 133 cm³/mol. The summed E-state index contributed by atoms with van der Waals surface area (Å²) < 4.78 is 16.1. The van der Waals surface area contributed by atoms with Crippen LogP contribution in [0.15, 0.2) is 47.4 Å². The molecular formula is C25H34N4O2S. The lowest BCUT2D eigenvalue weighted by atomic mass is 9.99. The quantitative estimate of drug-likeness (QED) is 0.360. The molecule has 0 saturated carbocycles. The van der Waals surface area contributed by atoms with Gasteiger partial charge < -0.3 is 24.1 Å². The standard InChI is InChI=1S/C25H34N4O2S/c1-5-29(32-21-9-6-19(26)7-10-21)20-8-11-23-22(16-20)27-24(25(2,3)30-4)28(23)17-18-12-14-31-15-13-18/h6-11,16,18H,5,12-15,17,26H2,1-4H3. The zero-order valence-electron chi connectivity index (χ0n) is 19.5. The molecule has 4 rings (SSSR count). The van der Waals surface area contributed by atoms with E-state index in [0.29, 0.717) is 5.92 Å². The molecule has 1 aliphatic heterocycles. The maximum atomic E-state index is 5.84. The summed E-state index contributed by atoms with van der Waals surface area (Å²) in [6, 6.07) is 14.6. The van der Waals surface area contributed by atoms with Crippen LogP contribution in [0.3, 0.4) is 0 Å². The van der Waals surface area contributed by atoms with E-state index in [0.717, 1.165) is 72.3 Å². The van der Waals surface area contributed by atoms with Gasteiger partial charge in [0.1, 0.15) is 11.4 Å². The van der Waals surface area contributed by atoms with Crippen LogP contribution < -0.4 is 10.0 Å². The van der Waals surface area contributed by atoms with Crippen LogP contribution in [0, 0.1) is 5.92 Å². The van der Waals surface area contributed by atoms with Gasteiger partial charge in [0.25, 0.3) is 0 Å². The van der Waals surface area contributed by atoms with Crippen LogP contribution >= 0.6 is 11.9 Å². The second-order valence-electron chi connectivity index (χ2n) is 8.84. The Balaban J connectivity index is 1.68. The van der Waals surface area contributed by atoms with Gasteiger partial charge in [-0.25, -0.2) is 4.98 Å². The largest absolute Gasteiger partial charge is 0.399 e. The number of hydrogen-bond acceptors (Lipinski definition) is 6. The molecule has 7 heteroatoms. The van der Waals surface area contributed by atoms with Crippen LogP contribution in [0.1, 0.15) is 39.4 Å². The third-order valence-corrected chi connectivity index (χ3v) is 7.41. The second-order valence-corrected chi connectivity index (χ2v) is 9.94. The first-order valence-electron chi connectivity index (χ1n) is 11.4. The van der Waals surface area contributed by atoms with Crippen LogP contribution in [-0.2, 0) is 21.6 Å². The predicted octanol–water partition coefficient (Wildman–Crippen LogP) is 5.46. The molecule has 1 fully saturated rings. The molecule has 0 spiro atoms. The summed E-state index contributed by atoms with van der Waals surface area (Å²) in [5.74, 6) is 1.58. The number of fused-ring (bicyclic) bond motifs is 1. The molecule has 6 nitrogen and oxygen atoms in total. The number of aromatic nitrogens is 2. The molecule has 0 radical (unpaired) electrons. The third-order valence-electron chi connectivity index (χ3n) is 6.23. The van der Waals surface area contributed by atoms with E-state index in [9.17, 15) is 0 Å². The summed E-state index contributed by atoms with van der Waals surface area (Å²) in [4.78, 5) is 6.23. The molecule has 2 heterocycles. The number of methoxy groups -OCH3 is 1. The van der Waals surface area contributed by atoms with Gasteiger partial charge >= 0.3 is 0 Å². The minimum absolute atomic E-state index is 0.465. The number of anilines is 2. The number of nitrogens with two attached hydrogens (primary N) is 1. The minimum atomic E-state index is -0.465. The highest BCUT2D eigenvalue weighted by Crippen LogP contribution is 2.34. The van der Waals surface area contributed by atoms with E-state index < -0.39 is 5.60 Å². The zero-order chi connectivity index (χ0) is 22.7. The lowest BCUT2D eigenvalue weighted by molar-refractivity contribution is 0.00684. The highest BCUT2D eigenvalue weighted by atomic mass is 32.2. The van der Waals surface area contributed by atoms with Crippen LogP contribution in [0.5, 0.6) is 0 Å². The van der Waals surface area contributed by atoms with E-state index in [4.69, 9.17) is 20.2 Å². The van der Waals surface area contributed by atoms with Gasteiger partial charge in [-0.05, 0) is 93.9 Å². The number of imidazole rings is 1. The van der Waals surface area contributed by atoms with Crippen molar-refractivity contribution in [2.24, 2.45) is 5.92 Å². The Morgan fingerprint density at radius 3 is 2.56 bits per heavy atom. The van der Waals surface area contributed by atoms with Crippen molar-refractivity contribution in [3.8, 4) is 0 Å². The van der Waals surface area contributed by atoms with Crippen molar-refractivity contribution in [3.05, 3.63) is 48.3 Å². The van der Waals surface area contributed by atoms with Crippen molar-refractivity contribution in [1.82, 2.24) is 9.55 Å². The molecule has 0 unspecified atom stereocenters. The average Bonchev–Trinajstić information content (AvgIpc) is 3.18. The second kappa shape index (κ2) is 9.73. The van der Waals surface area contributed by atoms with Gasteiger partial charge in [-0.2, -0.15) is 0 Å². The molecule has 172 valence electrons. The van der Waals surface area contributed by atoms with Crippen molar-refractivity contribution in [3.63, 3.8) is 0 Å². The molecule has 3 aromatic rings. The van der Waals surface area contributed by atoms with Crippen molar-refractivity contribution in [2.75, 3.05) is 36.9 Å². The van der Waals surface area contributed by atoms with Gasteiger partial charge in [0, 0.05) is 49.7 Å². The van der Waals surface area contributed by atoms with Crippen LogP contribution in [0.2, 0.25) is 0 Å². The molecule has 1 aliphatic rings. The van der Waals surface area contributed by atoms with Gasteiger partial charge in [-0.1, -0.05) is 0 Å². The number of hydrogen-bond donors (Lipinski definition) is 1. The maximum absolute atomic E-state index is 5.84. The highest BCUT2D eigenvalue weighted by molar-refractivity contribution is 8.00. The Hall–Kier alpha value is -2.22. The molecule has 2 N–H and O–H groups in total. The molecule has 32 heavy (non-hydrogen) atoms. The summed E-state index contributed by atoms with van der Waals surface area (Å²) in [7, 11) is 1.76. The molecule has 0 atom stereocenters. The first-order valence-corrected chi connectivity index (χ1v) is 12.1. The fourth-order valence-electron chi connectivity index (χ4n) is 4.15. The van der Waals surface area contributed by atoms with Crippen molar-refractivity contribution >= 4 is 34.4 Å². The first-order chi connectivity index (χ1) is 15.4. The Labute approximate surface area is 195 Å². The summed E-state index contributed by atoms with van der Waals surface area (Å²) in [5.41, 5.74) is 9.46. The Bertz CT molecular complexity index is 1040. The third kappa shape index (κ3) is 4.90. The Morgan fingerprint density at radius 1 is 1.19 bits per heavy atom. The molecule has 0 aliphatic carbocycles. The summed E-state index contributed by atoms with van der Waals surface area (Å²) in [6.07, 6.45) is 2.18. The normalized spacial score (nSPS) is 15.4. The van der Waals surface area contributed by atoms with Gasteiger partial charge in [0.2, 0.25) is 0 Å². The summed E-state index contributed by atoms with van der Waals surface area (Å²) in [5, 5.41) is 0. The van der Waals surface area contributed by atoms with Gasteiger partial charge in [-0.15, -0.1) is 0 Å². The highest BCUT2D eigenvalue weighted by Gasteiger charge is 2.29. The fraction of sp³-hybridized carbons (Fsp3) is 0.480. The first kappa shape index (κ1) is 23.0. The number of benzene rings is 2. The molecule has 0 amide bonds. The minimum Gasteiger partial charge on any atom is -0.399 e. The van der Waals surface area contributed by atoms with Gasteiger partial charge in [-0.3, -0.25) is 0 Å². The van der Waals surface area contributed by atoms with Gasteiger partial charge in [0.15, 0.2) is 0 Å². The number of nitrogens with zero attached hydrogens (tertiary/aromatic N) is 3. The van der Waals surface area contributed by atoms with E-state index in [2.05, 4.69) is 60.0 Å². The SMILES string of the molecule is CCN(Sc1ccc(N)cc1)c1ccc2c(c1)nc(C(C)(C)OC)n2CC1CCOCC1. The lowest BCUT2D eigenvalue weighted by Crippen LogP contribution is -2.28. The monoisotopic (exact) mass is 454 g/mol. The molecule has 0 bridgehead atoms. The zero-order valence-corrected chi connectivity index (χ0v) is 20.3. The van der Waals surface area contributed by atoms with E-state index in [1.54, 1.807) is 19.1 Å². The Kier molecular flexibility index (Phi) is 6.98. The molecular weight excluding hydrogens is 420 g/mol. The molecule has 2 aromatic carbocycles. The number of rotatable bonds is 8. The van der Waals surface area contributed by atoms with E-state index >= 15 is 0 Å². The summed E-state index contributed by atoms with van der Waals surface area (Å²) >= 11 is 1.71. The van der Waals surface area contributed by atoms with E-state index in [-0.39, 0.29) is 0 Å². The van der Waals surface area contributed by atoms with Crippen LogP contribution in [-0.4, -0.2) is 36.4 Å². The number of ether oxygens (including phenoxy) is 2. The van der Waals surface area contributed by atoms with Gasteiger partial charge in [0.05, 0.1) is 11.0 Å². The molecule has 1 saturated heterocycles. The summed E-state index contributed by atoms with van der Waals surface area (Å²) in [6.45, 7) is 9.85. The Morgan fingerprint density at radius 2 is 1.91 bits per heavy atom. The fourth-order valence-corrected chi connectivity index (χ4v) is 5.01.